The molecule has 1 aromatic carbocycles. The molecule has 0 saturated carbocycles. The van der Waals surface area contributed by atoms with Gasteiger partial charge in [-0.3, -0.25) is 4.79 Å². The lowest BCUT2D eigenvalue weighted by atomic mass is 10.1. The van der Waals surface area contributed by atoms with E-state index in [1.165, 1.54) is 12.5 Å². The molecule has 4 heteroatoms. The number of carbonyl (C=O) groups excluding carboxylic acids is 1. The fourth-order valence-electron chi connectivity index (χ4n) is 1.17. The minimum Gasteiger partial charge on any atom is -0.287 e. The van der Waals surface area contributed by atoms with Gasteiger partial charge >= 0.3 is 0 Å². The maximum absolute atomic E-state index is 11.8. The lowest BCUT2D eigenvalue weighted by Crippen LogP contribution is -2.03. The fourth-order valence-corrected chi connectivity index (χ4v) is 1.30. The van der Waals surface area contributed by atoms with Crippen molar-refractivity contribution in [2.45, 2.75) is 0 Å². The maximum Gasteiger partial charge on any atom is 0.211 e. The van der Waals surface area contributed by atoms with E-state index in [0.29, 0.717) is 16.3 Å². The van der Waals surface area contributed by atoms with Gasteiger partial charge in [-0.15, -0.1) is 0 Å². The molecule has 0 aliphatic heterocycles. The van der Waals surface area contributed by atoms with Crippen molar-refractivity contribution < 1.29 is 4.79 Å². The van der Waals surface area contributed by atoms with Crippen LogP contribution in [0.4, 0.5) is 0 Å². The van der Waals surface area contributed by atoms with Crippen LogP contribution < -0.4 is 0 Å². The van der Waals surface area contributed by atoms with Gasteiger partial charge in [0.05, 0.1) is 0 Å². The number of halogens is 1. The Morgan fingerprint density at radius 3 is 2.47 bits per heavy atom. The summed E-state index contributed by atoms with van der Waals surface area (Å²) in [5, 5.41) is 0.606. The maximum atomic E-state index is 11.8. The van der Waals surface area contributed by atoms with Crippen molar-refractivity contribution in [3.05, 3.63) is 59.1 Å². The third kappa shape index (κ3) is 2.19. The molecule has 0 bridgehead atoms. The van der Waals surface area contributed by atoms with Crippen LogP contribution in [-0.4, -0.2) is 15.8 Å². The third-order valence-electron chi connectivity index (χ3n) is 1.92. The second-order valence-corrected chi connectivity index (χ2v) is 3.37. The van der Waals surface area contributed by atoms with E-state index in [0.717, 1.165) is 0 Å². The Kier molecular flexibility index (Phi) is 2.74. The molecule has 0 amide bonds. The predicted molar refractivity (Wildman–Crippen MR) is 56.9 cm³/mol. The molecule has 3 nitrogen and oxygen atoms in total. The van der Waals surface area contributed by atoms with Gasteiger partial charge < -0.3 is 0 Å². The number of nitrogens with zero attached hydrogens (tertiary/aromatic N) is 2. The van der Waals surface area contributed by atoms with Gasteiger partial charge in [0.25, 0.3) is 0 Å². The molecule has 0 unspecified atom stereocenters. The van der Waals surface area contributed by atoms with Crippen LogP contribution in [0.15, 0.2) is 42.9 Å². The zero-order chi connectivity index (χ0) is 10.7. The van der Waals surface area contributed by atoms with Gasteiger partial charge in [-0.05, 0) is 30.3 Å². The molecule has 0 aliphatic carbocycles. The van der Waals surface area contributed by atoms with Gasteiger partial charge in [-0.2, -0.15) is 0 Å². The average molecular weight is 219 g/mol. The summed E-state index contributed by atoms with van der Waals surface area (Å²) in [4.78, 5) is 19.5. The summed E-state index contributed by atoms with van der Waals surface area (Å²) in [6.07, 6.45) is 2.89. The Hall–Kier alpha value is -1.74. The Morgan fingerprint density at radius 2 is 1.87 bits per heavy atom. The van der Waals surface area contributed by atoms with Crippen molar-refractivity contribution in [3.8, 4) is 0 Å². The number of hydrogen-bond donors (Lipinski definition) is 0. The van der Waals surface area contributed by atoms with Crippen molar-refractivity contribution in [3.63, 3.8) is 0 Å². The van der Waals surface area contributed by atoms with Gasteiger partial charge in [0.2, 0.25) is 5.78 Å². The summed E-state index contributed by atoms with van der Waals surface area (Å²) in [5.74, 6) is -0.130. The largest absolute Gasteiger partial charge is 0.287 e. The van der Waals surface area contributed by atoms with E-state index in [9.17, 15) is 4.79 Å². The lowest BCUT2D eigenvalue weighted by Gasteiger charge is -1.99. The minimum absolute atomic E-state index is 0.130. The van der Waals surface area contributed by atoms with E-state index < -0.39 is 0 Å². The summed E-state index contributed by atoms with van der Waals surface area (Å²) < 4.78 is 0. The minimum atomic E-state index is -0.130. The van der Waals surface area contributed by atoms with Crippen molar-refractivity contribution in [1.82, 2.24) is 9.97 Å². The van der Waals surface area contributed by atoms with E-state index in [-0.39, 0.29) is 5.78 Å². The van der Waals surface area contributed by atoms with Gasteiger partial charge in [0.15, 0.2) is 0 Å². The molecule has 0 atom stereocenters. The molecule has 0 N–H and O–H groups in total. The monoisotopic (exact) mass is 218 g/mol. The number of hydrogen-bond acceptors (Lipinski definition) is 3. The SMILES string of the molecule is O=C(c1ccc(Cl)cc1)c1ccncn1. The first kappa shape index (κ1) is 9.80. The van der Waals surface area contributed by atoms with Crippen LogP contribution in [0.5, 0.6) is 0 Å². The zero-order valence-corrected chi connectivity index (χ0v) is 8.48. The third-order valence-corrected chi connectivity index (χ3v) is 2.17. The van der Waals surface area contributed by atoms with E-state index in [1.54, 1.807) is 30.3 Å². The van der Waals surface area contributed by atoms with Crippen LogP contribution in [-0.2, 0) is 0 Å². The summed E-state index contributed by atoms with van der Waals surface area (Å²) in [5.41, 5.74) is 0.949. The van der Waals surface area contributed by atoms with Crippen LogP contribution in [0.3, 0.4) is 0 Å². The second kappa shape index (κ2) is 4.19. The highest BCUT2D eigenvalue weighted by Gasteiger charge is 2.09. The summed E-state index contributed by atoms with van der Waals surface area (Å²) in [6, 6.07) is 8.28. The fraction of sp³-hybridized carbons (Fsp3) is 0. The van der Waals surface area contributed by atoms with Crippen LogP contribution >= 0.6 is 11.6 Å². The van der Waals surface area contributed by atoms with Gasteiger partial charge in [-0.1, -0.05) is 11.6 Å². The smallest absolute Gasteiger partial charge is 0.211 e. The normalized spacial score (nSPS) is 9.93. The molecule has 0 aliphatic rings. The number of carbonyl (C=O) groups is 1. The van der Waals surface area contributed by atoms with Crippen LogP contribution in [0, 0.1) is 0 Å². The molecule has 1 heterocycles. The lowest BCUT2D eigenvalue weighted by molar-refractivity contribution is 0.103. The van der Waals surface area contributed by atoms with E-state index in [4.69, 9.17) is 11.6 Å². The quantitative estimate of drug-likeness (QED) is 0.727. The molecule has 74 valence electrons. The van der Waals surface area contributed by atoms with Crippen LogP contribution in [0.2, 0.25) is 5.02 Å². The number of benzene rings is 1. The molecular formula is C11H7ClN2O. The highest BCUT2D eigenvalue weighted by molar-refractivity contribution is 6.30. The van der Waals surface area contributed by atoms with E-state index in [1.807, 2.05) is 0 Å². The molecule has 2 aromatic rings. The Balaban J connectivity index is 2.33. The second-order valence-electron chi connectivity index (χ2n) is 2.93. The van der Waals surface area contributed by atoms with E-state index in [2.05, 4.69) is 9.97 Å². The van der Waals surface area contributed by atoms with E-state index >= 15 is 0 Å². The predicted octanol–water partition coefficient (Wildman–Crippen LogP) is 2.36. The van der Waals surface area contributed by atoms with Crippen molar-refractivity contribution >= 4 is 17.4 Å². The van der Waals surface area contributed by atoms with Crippen molar-refractivity contribution in [2.24, 2.45) is 0 Å². The molecule has 15 heavy (non-hydrogen) atoms. The highest BCUT2D eigenvalue weighted by Crippen LogP contribution is 2.12. The molecule has 0 saturated heterocycles. The number of rotatable bonds is 2. The van der Waals surface area contributed by atoms with Crippen LogP contribution in [0.1, 0.15) is 16.1 Å². The van der Waals surface area contributed by atoms with Crippen molar-refractivity contribution in [1.29, 1.82) is 0 Å². The molecule has 1 aromatic heterocycles. The van der Waals surface area contributed by atoms with Crippen LogP contribution in [0.25, 0.3) is 0 Å². The zero-order valence-electron chi connectivity index (χ0n) is 7.72. The topological polar surface area (TPSA) is 42.9 Å². The average Bonchev–Trinajstić information content (AvgIpc) is 2.30. The molecule has 0 radical (unpaired) electrons. The molecule has 2 rings (SSSR count). The van der Waals surface area contributed by atoms with Crippen molar-refractivity contribution in [2.75, 3.05) is 0 Å². The Labute approximate surface area is 91.8 Å². The van der Waals surface area contributed by atoms with Gasteiger partial charge in [-0.25, -0.2) is 9.97 Å². The number of aromatic nitrogens is 2. The van der Waals surface area contributed by atoms with Gasteiger partial charge in [0.1, 0.15) is 12.0 Å². The number of ketones is 1. The molecular weight excluding hydrogens is 212 g/mol. The summed E-state index contributed by atoms with van der Waals surface area (Å²) in [7, 11) is 0. The molecule has 0 spiro atoms. The molecule has 0 fully saturated rings. The Bertz CT molecular complexity index is 468. The van der Waals surface area contributed by atoms with Gasteiger partial charge in [0, 0.05) is 16.8 Å². The first-order chi connectivity index (χ1) is 7.27. The highest BCUT2D eigenvalue weighted by atomic mass is 35.5. The summed E-state index contributed by atoms with van der Waals surface area (Å²) in [6.45, 7) is 0. The first-order valence-corrected chi connectivity index (χ1v) is 4.71. The first-order valence-electron chi connectivity index (χ1n) is 4.33. The standard InChI is InChI=1S/C11H7ClN2O/c12-9-3-1-8(2-4-9)11(15)10-5-6-13-7-14-10/h1-7H. The Morgan fingerprint density at radius 1 is 1.13 bits per heavy atom. The summed E-state index contributed by atoms with van der Waals surface area (Å²) >= 11 is 5.73.